The molecule has 0 aromatic heterocycles. The Labute approximate surface area is 158 Å². The maximum absolute atomic E-state index is 13.0. The Morgan fingerprint density at radius 3 is 1.96 bits per heavy atom. The standard InChI is InChI=1S/C19H26N2O6/c1-6-26-17(24)19(20-13(3)22,18(25)27-7-2)12-16(23)14-10-8-9-11-15(14)21(4)5/h8-11H,6-7,12H2,1-5H3,(H,20,22). The first-order valence-corrected chi connectivity index (χ1v) is 8.62. The summed E-state index contributed by atoms with van der Waals surface area (Å²) in [7, 11) is 3.54. The van der Waals surface area contributed by atoms with Crippen LogP contribution in [0.15, 0.2) is 24.3 Å². The van der Waals surface area contributed by atoms with Crippen LogP contribution in [0.5, 0.6) is 0 Å². The highest BCUT2D eigenvalue weighted by Crippen LogP contribution is 2.25. The van der Waals surface area contributed by atoms with Gasteiger partial charge in [0, 0.05) is 32.3 Å². The Morgan fingerprint density at radius 1 is 1.00 bits per heavy atom. The van der Waals surface area contributed by atoms with Crippen LogP contribution in [0.4, 0.5) is 5.69 Å². The Kier molecular flexibility index (Phi) is 7.96. The summed E-state index contributed by atoms with van der Waals surface area (Å²) >= 11 is 0. The Hall–Kier alpha value is -2.90. The van der Waals surface area contributed by atoms with Gasteiger partial charge in [0.2, 0.25) is 11.4 Å². The number of Topliss-reactive ketones (excluding diaryl/α,β-unsaturated/α-hetero) is 1. The third-order valence-corrected chi connectivity index (χ3v) is 3.75. The predicted octanol–water partition coefficient (Wildman–Crippen LogP) is 1.33. The minimum atomic E-state index is -2.24. The van der Waals surface area contributed by atoms with Crippen molar-refractivity contribution in [2.45, 2.75) is 32.7 Å². The van der Waals surface area contributed by atoms with Gasteiger partial charge in [-0.25, -0.2) is 9.59 Å². The van der Waals surface area contributed by atoms with Crippen LogP contribution in [0.1, 0.15) is 37.6 Å². The first-order valence-electron chi connectivity index (χ1n) is 8.62. The van der Waals surface area contributed by atoms with E-state index >= 15 is 0 Å². The quantitative estimate of drug-likeness (QED) is 0.393. The smallest absolute Gasteiger partial charge is 0.344 e. The second-order valence-electron chi connectivity index (χ2n) is 6.04. The number of esters is 2. The molecule has 1 aromatic carbocycles. The summed E-state index contributed by atoms with van der Waals surface area (Å²) in [4.78, 5) is 51.7. The van der Waals surface area contributed by atoms with Crippen molar-refractivity contribution in [1.29, 1.82) is 0 Å². The molecular formula is C19H26N2O6. The highest BCUT2D eigenvalue weighted by atomic mass is 16.6. The van der Waals surface area contributed by atoms with E-state index in [0.29, 0.717) is 11.3 Å². The van der Waals surface area contributed by atoms with E-state index in [2.05, 4.69) is 5.32 Å². The monoisotopic (exact) mass is 378 g/mol. The highest BCUT2D eigenvalue weighted by Gasteiger charge is 2.51. The van der Waals surface area contributed by atoms with Crippen molar-refractivity contribution in [2.75, 3.05) is 32.2 Å². The lowest BCUT2D eigenvalue weighted by Gasteiger charge is -2.29. The predicted molar refractivity (Wildman–Crippen MR) is 99.5 cm³/mol. The van der Waals surface area contributed by atoms with Gasteiger partial charge in [0.25, 0.3) is 0 Å². The van der Waals surface area contributed by atoms with E-state index < -0.39 is 35.6 Å². The normalized spacial score (nSPS) is 10.7. The van der Waals surface area contributed by atoms with Gasteiger partial charge in [-0.15, -0.1) is 0 Å². The molecule has 0 aliphatic heterocycles. The summed E-state index contributed by atoms with van der Waals surface area (Å²) < 4.78 is 9.95. The van der Waals surface area contributed by atoms with Gasteiger partial charge in [-0.2, -0.15) is 0 Å². The molecular weight excluding hydrogens is 352 g/mol. The molecule has 0 heterocycles. The fraction of sp³-hybridized carbons (Fsp3) is 0.474. The lowest BCUT2D eigenvalue weighted by Crippen LogP contribution is -2.62. The van der Waals surface area contributed by atoms with Gasteiger partial charge in [0.05, 0.1) is 19.6 Å². The Bertz CT molecular complexity index is 696. The molecule has 0 saturated carbocycles. The van der Waals surface area contributed by atoms with E-state index in [4.69, 9.17) is 9.47 Å². The fourth-order valence-corrected chi connectivity index (χ4v) is 2.62. The van der Waals surface area contributed by atoms with Gasteiger partial charge < -0.3 is 19.7 Å². The van der Waals surface area contributed by atoms with Crippen LogP contribution in [0.25, 0.3) is 0 Å². The zero-order valence-electron chi connectivity index (χ0n) is 16.3. The van der Waals surface area contributed by atoms with Gasteiger partial charge >= 0.3 is 11.9 Å². The number of rotatable bonds is 9. The van der Waals surface area contributed by atoms with Crippen LogP contribution in [0.3, 0.4) is 0 Å². The number of amides is 1. The topological polar surface area (TPSA) is 102 Å². The maximum Gasteiger partial charge on any atom is 0.344 e. The van der Waals surface area contributed by atoms with Crippen molar-refractivity contribution < 1.29 is 28.7 Å². The number of ketones is 1. The molecule has 0 atom stereocenters. The SMILES string of the molecule is CCOC(=O)C(CC(=O)c1ccccc1N(C)C)(NC(C)=O)C(=O)OCC. The highest BCUT2D eigenvalue weighted by molar-refractivity contribution is 6.14. The molecule has 0 radical (unpaired) electrons. The summed E-state index contributed by atoms with van der Waals surface area (Å²) in [5.41, 5.74) is -1.31. The molecule has 0 spiro atoms. The number of anilines is 1. The number of carbonyl (C=O) groups is 4. The van der Waals surface area contributed by atoms with E-state index in [0.717, 1.165) is 6.92 Å². The molecule has 1 amide bonds. The van der Waals surface area contributed by atoms with E-state index in [9.17, 15) is 19.2 Å². The first-order chi connectivity index (χ1) is 12.7. The number of para-hydroxylation sites is 1. The van der Waals surface area contributed by atoms with Crippen LogP contribution < -0.4 is 10.2 Å². The van der Waals surface area contributed by atoms with E-state index in [1.807, 2.05) is 0 Å². The Balaban J connectivity index is 3.42. The van der Waals surface area contributed by atoms with E-state index in [1.165, 1.54) is 0 Å². The van der Waals surface area contributed by atoms with Crippen molar-refractivity contribution in [2.24, 2.45) is 0 Å². The number of nitrogens with zero attached hydrogens (tertiary/aromatic N) is 1. The summed E-state index contributed by atoms with van der Waals surface area (Å²) in [6.07, 6.45) is -0.616. The Morgan fingerprint density at radius 2 is 1.52 bits per heavy atom. The molecule has 1 rings (SSSR count). The third kappa shape index (κ3) is 5.29. The number of benzene rings is 1. The fourth-order valence-electron chi connectivity index (χ4n) is 2.62. The number of nitrogens with one attached hydrogen (secondary N) is 1. The average Bonchev–Trinajstić information content (AvgIpc) is 2.60. The van der Waals surface area contributed by atoms with Crippen LogP contribution >= 0.6 is 0 Å². The van der Waals surface area contributed by atoms with Gasteiger partial charge in [0.15, 0.2) is 5.78 Å². The molecule has 1 N–H and O–H groups in total. The molecule has 148 valence electrons. The zero-order chi connectivity index (χ0) is 20.6. The number of hydrogen-bond acceptors (Lipinski definition) is 7. The van der Waals surface area contributed by atoms with E-state index in [-0.39, 0.29) is 13.2 Å². The van der Waals surface area contributed by atoms with Gasteiger partial charge in [0.1, 0.15) is 0 Å². The molecule has 8 nitrogen and oxygen atoms in total. The molecule has 8 heteroatoms. The lowest BCUT2D eigenvalue weighted by molar-refractivity contribution is -0.167. The lowest BCUT2D eigenvalue weighted by atomic mass is 9.89. The number of hydrogen-bond donors (Lipinski definition) is 1. The summed E-state index contributed by atoms with van der Waals surface area (Å²) in [5.74, 6) is -3.23. The summed E-state index contributed by atoms with van der Waals surface area (Å²) in [6, 6.07) is 6.77. The van der Waals surface area contributed by atoms with Crippen molar-refractivity contribution in [3.8, 4) is 0 Å². The third-order valence-electron chi connectivity index (χ3n) is 3.75. The first kappa shape index (κ1) is 22.1. The molecule has 1 aromatic rings. The summed E-state index contributed by atoms with van der Waals surface area (Å²) in [5, 5.41) is 2.29. The second-order valence-corrected chi connectivity index (χ2v) is 6.04. The zero-order valence-corrected chi connectivity index (χ0v) is 16.3. The molecule has 0 saturated heterocycles. The van der Waals surface area contributed by atoms with Gasteiger partial charge in [-0.3, -0.25) is 9.59 Å². The second kappa shape index (κ2) is 9.70. The maximum atomic E-state index is 13.0. The number of carbonyl (C=O) groups excluding carboxylic acids is 4. The molecule has 0 unspecified atom stereocenters. The molecule has 0 bridgehead atoms. The molecule has 0 fully saturated rings. The number of ether oxygens (including phenoxy) is 2. The van der Waals surface area contributed by atoms with Crippen molar-refractivity contribution >= 4 is 29.3 Å². The van der Waals surface area contributed by atoms with Crippen molar-refractivity contribution in [3.05, 3.63) is 29.8 Å². The van der Waals surface area contributed by atoms with Crippen LogP contribution in [0, 0.1) is 0 Å². The van der Waals surface area contributed by atoms with Crippen LogP contribution in [0.2, 0.25) is 0 Å². The average molecular weight is 378 g/mol. The van der Waals surface area contributed by atoms with Crippen molar-refractivity contribution in [3.63, 3.8) is 0 Å². The van der Waals surface area contributed by atoms with Crippen LogP contribution in [-0.2, 0) is 23.9 Å². The minimum absolute atomic E-state index is 0.0257. The van der Waals surface area contributed by atoms with E-state index in [1.54, 1.807) is 57.1 Å². The molecule has 0 aliphatic carbocycles. The van der Waals surface area contributed by atoms with Crippen molar-refractivity contribution in [1.82, 2.24) is 5.32 Å². The van der Waals surface area contributed by atoms with Gasteiger partial charge in [-0.05, 0) is 26.0 Å². The molecule has 27 heavy (non-hydrogen) atoms. The summed E-state index contributed by atoms with van der Waals surface area (Å²) in [6.45, 7) is 4.21. The molecule has 0 aliphatic rings. The largest absolute Gasteiger partial charge is 0.464 e. The van der Waals surface area contributed by atoms with Crippen LogP contribution in [-0.4, -0.2) is 56.5 Å². The minimum Gasteiger partial charge on any atom is -0.464 e. The van der Waals surface area contributed by atoms with Gasteiger partial charge in [-0.1, -0.05) is 12.1 Å².